The van der Waals surface area contributed by atoms with Crippen molar-refractivity contribution >= 4 is 17.6 Å². The number of ether oxygens (including phenoxy) is 1. The van der Waals surface area contributed by atoms with Gasteiger partial charge in [0.1, 0.15) is 0 Å². The van der Waals surface area contributed by atoms with Crippen LogP contribution in [0.5, 0.6) is 0 Å². The number of hydrogen-bond donors (Lipinski definition) is 1. The summed E-state index contributed by atoms with van der Waals surface area (Å²) in [4.78, 5) is 23.3. The zero-order chi connectivity index (χ0) is 11.2. The summed E-state index contributed by atoms with van der Waals surface area (Å²) in [6.07, 6.45) is 1.67. The first-order valence-electron chi connectivity index (χ1n) is 5.35. The minimum atomic E-state index is -1.06. The van der Waals surface area contributed by atoms with Crippen molar-refractivity contribution in [2.45, 2.75) is 24.9 Å². The third-order valence-electron chi connectivity index (χ3n) is 3.17. The van der Waals surface area contributed by atoms with Gasteiger partial charge in [-0.15, -0.1) is 0 Å². The first-order valence-corrected chi connectivity index (χ1v) is 5.35. The maximum absolute atomic E-state index is 12.0. The minimum absolute atomic E-state index is 0.221. The largest absolute Gasteiger partial charge is 0.444 e. The first kappa shape index (κ1) is 9.39. The van der Waals surface area contributed by atoms with E-state index in [0.717, 1.165) is 11.3 Å². The van der Waals surface area contributed by atoms with E-state index in [-0.39, 0.29) is 11.9 Å². The fourth-order valence-corrected chi connectivity index (χ4v) is 2.42. The Labute approximate surface area is 92.6 Å². The Bertz CT molecular complexity index is 483. The van der Waals surface area contributed by atoms with E-state index >= 15 is 0 Å². The lowest BCUT2D eigenvalue weighted by Gasteiger charge is -2.30. The van der Waals surface area contributed by atoms with Gasteiger partial charge in [0, 0.05) is 24.1 Å². The number of benzene rings is 1. The number of esters is 1. The Kier molecular flexibility index (Phi) is 1.80. The van der Waals surface area contributed by atoms with Crippen LogP contribution >= 0.6 is 0 Å². The number of carbonyl (C=O) groups is 2. The van der Waals surface area contributed by atoms with Crippen molar-refractivity contribution in [3.63, 3.8) is 0 Å². The Morgan fingerprint density at radius 1 is 1.25 bits per heavy atom. The lowest BCUT2D eigenvalue weighted by Crippen LogP contribution is -2.42. The topological polar surface area (TPSA) is 55.4 Å². The van der Waals surface area contributed by atoms with Crippen LogP contribution < -0.4 is 5.32 Å². The second-order valence-corrected chi connectivity index (χ2v) is 4.15. The van der Waals surface area contributed by atoms with Gasteiger partial charge >= 0.3 is 5.97 Å². The van der Waals surface area contributed by atoms with Gasteiger partial charge in [-0.2, -0.15) is 0 Å². The third-order valence-corrected chi connectivity index (χ3v) is 3.17. The van der Waals surface area contributed by atoms with Crippen LogP contribution in [0.25, 0.3) is 0 Å². The Morgan fingerprint density at radius 2 is 2.06 bits per heavy atom. The molecule has 1 saturated heterocycles. The molecule has 0 saturated carbocycles. The molecule has 1 atom stereocenters. The van der Waals surface area contributed by atoms with Gasteiger partial charge < -0.3 is 10.1 Å². The molecular formula is C12H11NO3. The molecule has 0 aromatic heterocycles. The molecule has 1 N–H and O–H groups in total. The summed E-state index contributed by atoms with van der Waals surface area (Å²) in [6.45, 7) is 0. The Hall–Kier alpha value is -1.84. The SMILES string of the molecule is O=C1CCCC2(O1)C(=O)Nc1ccccc12. The van der Waals surface area contributed by atoms with Gasteiger partial charge in [-0.1, -0.05) is 18.2 Å². The maximum atomic E-state index is 12.0. The number of anilines is 1. The van der Waals surface area contributed by atoms with Gasteiger partial charge in [-0.05, 0) is 12.5 Å². The van der Waals surface area contributed by atoms with E-state index in [9.17, 15) is 9.59 Å². The molecule has 1 unspecified atom stereocenters. The van der Waals surface area contributed by atoms with Crippen molar-refractivity contribution in [1.82, 2.24) is 0 Å². The predicted octanol–water partition coefficient (Wildman–Crippen LogP) is 1.56. The maximum Gasteiger partial charge on any atom is 0.307 e. The monoisotopic (exact) mass is 217 g/mol. The number of amides is 1. The number of para-hydroxylation sites is 1. The molecule has 2 aliphatic heterocycles. The molecule has 1 aromatic rings. The van der Waals surface area contributed by atoms with Crippen molar-refractivity contribution in [2.24, 2.45) is 0 Å². The second-order valence-electron chi connectivity index (χ2n) is 4.15. The lowest BCUT2D eigenvalue weighted by molar-refractivity contribution is -0.173. The molecule has 4 nitrogen and oxygen atoms in total. The van der Waals surface area contributed by atoms with E-state index in [2.05, 4.69) is 5.32 Å². The van der Waals surface area contributed by atoms with Crippen molar-refractivity contribution in [3.05, 3.63) is 29.8 Å². The highest BCUT2D eigenvalue weighted by Gasteiger charge is 2.51. The van der Waals surface area contributed by atoms with E-state index < -0.39 is 5.60 Å². The summed E-state index contributed by atoms with van der Waals surface area (Å²) in [5.74, 6) is -0.514. The summed E-state index contributed by atoms with van der Waals surface area (Å²) in [5.41, 5.74) is 0.474. The second kappa shape index (κ2) is 3.07. The zero-order valence-corrected chi connectivity index (χ0v) is 8.66. The molecule has 2 heterocycles. The number of fused-ring (bicyclic) bond motifs is 2. The van der Waals surface area contributed by atoms with Crippen molar-refractivity contribution in [2.75, 3.05) is 5.32 Å². The molecule has 1 aromatic carbocycles. The van der Waals surface area contributed by atoms with Crippen LogP contribution in [0.1, 0.15) is 24.8 Å². The smallest absolute Gasteiger partial charge is 0.307 e. The van der Waals surface area contributed by atoms with Crippen LogP contribution in [0.15, 0.2) is 24.3 Å². The molecular weight excluding hydrogens is 206 g/mol. The van der Waals surface area contributed by atoms with Gasteiger partial charge in [-0.3, -0.25) is 9.59 Å². The first-order chi connectivity index (χ1) is 7.72. The van der Waals surface area contributed by atoms with Crippen LogP contribution in [0.4, 0.5) is 5.69 Å². The molecule has 1 fully saturated rings. The van der Waals surface area contributed by atoms with E-state index in [1.165, 1.54) is 0 Å². The van der Waals surface area contributed by atoms with Gasteiger partial charge in [-0.25, -0.2) is 0 Å². The van der Waals surface area contributed by atoms with E-state index in [4.69, 9.17) is 4.74 Å². The van der Waals surface area contributed by atoms with Crippen LogP contribution in [0.3, 0.4) is 0 Å². The van der Waals surface area contributed by atoms with Gasteiger partial charge in [0.05, 0.1) is 0 Å². The van der Waals surface area contributed by atoms with Crippen LogP contribution in [-0.4, -0.2) is 11.9 Å². The fourth-order valence-electron chi connectivity index (χ4n) is 2.42. The average molecular weight is 217 g/mol. The lowest BCUT2D eigenvalue weighted by atomic mass is 9.87. The Morgan fingerprint density at radius 3 is 2.88 bits per heavy atom. The summed E-state index contributed by atoms with van der Waals surface area (Å²) in [6, 6.07) is 7.36. The van der Waals surface area contributed by atoms with E-state index in [1.807, 2.05) is 24.3 Å². The zero-order valence-electron chi connectivity index (χ0n) is 8.66. The Balaban J connectivity index is 2.13. The molecule has 16 heavy (non-hydrogen) atoms. The third kappa shape index (κ3) is 1.10. The molecule has 3 rings (SSSR count). The highest BCUT2D eigenvalue weighted by molar-refractivity contribution is 6.06. The summed E-state index contributed by atoms with van der Waals surface area (Å²) < 4.78 is 5.32. The van der Waals surface area contributed by atoms with Crippen LogP contribution in [0.2, 0.25) is 0 Å². The minimum Gasteiger partial charge on any atom is -0.444 e. The van der Waals surface area contributed by atoms with Crippen LogP contribution in [0, 0.1) is 0 Å². The molecule has 1 amide bonds. The van der Waals surface area contributed by atoms with Crippen molar-refractivity contribution in [1.29, 1.82) is 0 Å². The van der Waals surface area contributed by atoms with Gasteiger partial charge in [0.25, 0.3) is 5.91 Å². The number of nitrogens with one attached hydrogen (secondary N) is 1. The quantitative estimate of drug-likeness (QED) is 0.671. The summed E-state index contributed by atoms with van der Waals surface area (Å²) >= 11 is 0. The molecule has 4 heteroatoms. The van der Waals surface area contributed by atoms with Crippen molar-refractivity contribution < 1.29 is 14.3 Å². The van der Waals surface area contributed by atoms with Gasteiger partial charge in [0.15, 0.2) is 0 Å². The molecule has 0 aliphatic carbocycles. The molecule has 82 valence electrons. The highest BCUT2D eigenvalue weighted by Crippen LogP contribution is 2.44. The average Bonchev–Trinajstić information content (AvgIpc) is 2.53. The number of hydrogen-bond acceptors (Lipinski definition) is 3. The highest BCUT2D eigenvalue weighted by atomic mass is 16.6. The molecule has 1 spiro atoms. The summed E-state index contributed by atoms with van der Waals surface area (Å²) in [5, 5.41) is 2.76. The number of rotatable bonds is 0. The van der Waals surface area contributed by atoms with E-state index in [1.54, 1.807) is 0 Å². The molecule has 0 bridgehead atoms. The molecule has 2 aliphatic rings. The van der Waals surface area contributed by atoms with Crippen LogP contribution in [-0.2, 0) is 19.9 Å². The summed E-state index contributed by atoms with van der Waals surface area (Å²) in [7, 11) is 0. The molecule has 0 radical (unpaired) electrons. The fraction of sp³-hybridized carbons (Fsp3) is 0.333. The standard InChI is InChI=1S/C12H11NO3/c14-10-6-3-7-12(16-10)8-4-1-2-5-9(8)13-11(12)15/h1-2,4-5H,3,6-7H2,(H,13,15). The van der Waals surface area contributed by atoms with E-state index in [0.29, 0.717) is 19.3 Å². The van der Waals surface area contributed by atoms with Crippen molar-refractivity contribution in [3.8, 4) is 0 Å². The number of carbonyl (C=O) groups excluding carboxylic acids is 2. The predicted molar refractivity (Wildman–Crippen MR) is 56.7 cm³/mol. The van der Waals surface area contributed by atoms with Gasteiger partial charge in [0.2, 0.25) is 5.60 Å². The normalized spacial score (nSPS) is 27.5.